The summed E-state index contributed by atoms with van der Waals surface area (Å²) in [4.78, 5) is 24.2. The second-order valence-electron chi connectivity index (χ2n) is 6.24. The number of amides is 1. The second-order valence-corrected chi connectivity index (χ2v) is 6.65. The van der Waals surface area contributed by atoms with Gasteiger partial charge < -0.3 is 10.1 Å². The van der Waals surface area contributed by atoms with Crippen molar-refractivity contribution in [1.29, 1.82) is 0 Å². The first-order valence-electron chi connectivity index (χ1n) is 8.13. The Labute approximate surface area is 158 Å². The lowest BCUT2D eigenvalue weighted by Gasteiger charge is -2.15. The molecule has 142 valence electrons. The number of fused-ring (bicyclic) bond motifs is 1. The molecule has 1 unspecified atom stereocenters. The number of ether oxygens (including phenoxy) is 1. The molecule has 27 heavy (non-hydrogen) atoms. The summed E-state index contributed by atoms with van der Waals surface area (Å²) in [5.74, 6) is -0.772. The zero-order valence-electron chi connectivity index (χ0n) is 14.2. The summed E-state index contributed by atoms with van der Waals surface area (Å²) in [6, 6.07) is 7.71. The Bertz CT molecular complexity index is 912. The molecule has 0 fully saturated rings. The van der Waals surface area contributed by atoms with Crippen LogP contribution in [-0.2, 0) is 11.0 Å². The van der Waals surface area contributed by atoms with Crippen LogP contribution in [0.25, 0.3) is 0 Å². The number of halogens is 4. The number of anilines is 1. The van der Waals surface area contributed by atoms with Crippen LogP contribution in [0.3, 0.4) is 0 Å². The van der Waals surface area contributed by atoms with Gasteiger partial charge in [0.05, 0.1) is 16.8 Å². The fourth-order valence-electron chi connectivity index (χ4n) is 3.11. The van der Waals surface area contributed by atoms with Crippen LogP contribution < -0.4 is 10.1 Å². The zero-order chi connectivity index (χ0) is 19.8. The summed E-state index contributed by atoms with van der Waals surface area (Å²) in [6.45, 7) is 1.32. The van der Waals surface area contributed by atoms with Crippen molar-refractivity contribution in [2.75, 3.05) is 11.9 Å². The zero-order valence-corrected chi connectivity index (χ0v) is 14.9. The molecule has 2 aromatic rings. The van der Waals surface area contributed by atoms with Crippen molar-refractivity contribution in [3.05, 3.63) is 58.1 Å². The number of hydrogen-bond acceptors (Lipinski definition) is 3. The molecule has 0 aliphatic heterocycles. The van der Waals surface area contributed by atoms with Gasteiger partial charge >= 0.3 is 6.18 Å². The topological polar surface area (TPSA) is 55.4 Å². The van der Waals surface area contributed by atoms with E-state index in [4.69, 9.17) is 16.3 Å². The van der Waals surface area contributed by atoms with E-state index in [1.54, 1.807) is 6.07 Å². The maximum Gasteiger partial charge on any atom is 0.418 e. The van der Waals surface area contributed by atoms with E-state index in [0.29, 0.717) is 22.6 Å². The van der Waals surface area contributed by atoms with E-state index >= 15 is 0 Å². The van der Waals surface area contributed by atoms with Gasteiger partial charge in [0.1, 0.15) is 5.75 Å². The lowest BCUT2D eigenvalue weighted by atomic mass is 10.0. The predicted molar refractivity (Wildman–Crippen MR) is 94.4 cm³/mol. The number of carbonyl (C=O) groups excluding carboxylic acids is 2. The van der Waals surface area contributed by atoms with E-state index in [1.807, 2.05) is 6.92 Å². The minimum absolute atomic E-state index is 0.0592. The summed E-state index contributed by atoms with van der Waals surface area (Å²) >= 11 is 6.14. The third-order valence-corrected chi connectivity index (χ3v) is 4.61. The highest BCUT2D eigenvalue weighted by atomic mass is 35.5. The van der Waals surface area contributed by atoms with Crippen molar-refractivity contribution in [2.24, 2.45) is 0 Å². The summed E-state index contributed by atoms with van der Waals surface area (Å²) in [7, 11) is 0. The normalized spacial score (nSPS) is 16.2. The molecule has 0 heterocycles. The molecule has 0 aromatic heterocycles. The molecule has 1 aliphatic rings. The molecule has 0 radical (unpaired) electrons. The molecular weight excluding hydrogens is 383 g/mol. The number of carbonyl (C=O) groups is 2. The fraction of sp³-hybridized carbons (Fsp3) is 0.263. The van der Waals surface area contributed by atoms with Crippen molar-refractivity contribution >= 4 is 29.0 Å². The van der Waals surface area contributed by atoms with Gasteiger partial charge in [0, 0.05) is 11.4 Å². The van der Waals surface area contributed by atoms with Gasteiger partial charge in [0.15, 0.2) is 12.4 Å². The maximum atomic E-state index is 13.0. The highest BCUT2D eigenvalue weighted by molar-refractivity contribution is 6.32. The van der Waals surface area contributed by atoms with Crippen LogP contribution in [0.1, 0.15) is 40.7 Å². The molecule has 0 saturated carbocycles. The number of nitrogens with one attached hydrogen (secondary N) is 1. The van der Waals surface area contributed by atoms with Crippen LogP contribution in [0.4, 0.5) is 18.9 Å². The molecule has 1 amide bonds. The average molecular weight is 398 g/mol. The van der Waals surface area contributed by atoms with Gasteiger partial charge in [-0.25, -0.2) is 0 Å². The van der Waals surface area contributed by atoms with Crippen molar-refractivity contribution in [1.82, 2.24) is 0 Å². The third-order valence-electron chi connectivity index (χ3n) is 4.28. The standard InChI is InChI=1S/C19H15ClF3NO3/c1-10-8-14(25)18-15(7-6-12(20)17(10)18)27-9-16(26)24-13-5-3-2-4-11(13)19(21,22)23/h2-7,10H,8-9H2,1H3,(H,24,26). The number of para-hydroxylation sites is 1. The Morgan fingerprint density at radius 1 is 1.26 bits per heavy atom. The van der Waals surface area contributed by atoms with Crippen LogP contribution in [0.2, 0.25) is 5.02 Å². The molecule has 0 spiro atoms. The van der Waals surface area contributed by atoms with Crippen LogP contribution >= 0.6 is 11.6 Å². The maximum absolute atomic E-state index is 13.0. The Morgan fingerprint density at radius 3 is 2.67 bits per heavy atom. The number of ketones is 1. The molecule has 1 atom stereocenters. The third kappa shape index (κ3) is 3.93. The molecule has 0 saturated heterocycles. The van der Waals surface area contributed by atoms with Crippen LogP contribution in [-0.4, -0.2) is 18.3 Å². The van der Waals surface area contributed by atoms with Gasteiger partial charge in [-0.3, -0.25) is 9.59 Å². The molecule has 2 aromatic carbocycles. The molecule has 4 nitrogen and oxygen atoms in total. The van der Waals surface area contributed by atoms with Gasteiger partial charge in [-0.1, -0.05) is 30.7 Å². The first-order valence-corrected chi connectivity index (χ1v) is 8.50. The molecule has 3 rings (SSSR count). The summed E-state index contributed by atoms with van der Waals surface area (Å²) in [6.07, 6.45) is -4.30. The SMILES string of the molecule is CC1CC(=O)c2c(OCC(=O)Nc3ccccc3C(F)(F)F)ccc(Cl)c21. The monoisotopic (exact) mass is 397 g/mol. The van der Waals surface area contributed by atoms with Crippen molar-refractivity contribution in [2.45, 2.75) is 25.4 Å². The Morgan fingerprint density at radius 2 is 1.96 bits per heavy atom. The highest BCUT2D eigenvalue weighted by Crippen LogP contribution is 2.42. The number of benzene rings is 2. The fourth-order valence-corrected chi connectivity index (χ4v) is 3.46. The van der Waals surface area contributed by atoms with E-state index < -0.39 is 24.3 Å². The Kier molecular flexibility index (Phi) is 5.15. The number of alkyl halides is 3. The molecule has 0 bridgehead atoms. The van der Waals surface area contributed by atoms with Crippen LogP contribution in [0.5, 0.6) is 5.75 Å². The minimum atomic E-state index is -4.59. The van der Waals surface area contributed by atoms with Crippen molar-refractivity contribution in [3.63, 3.8) is 0 Å². The summed E-state index contributed by atoms with van der Waals surface area (Å²) < 4.78 is 44.4. The van der Waals surface area contributed by atoms with E-state index in [2.05, 4.69) is 5.32 Å². The number of hydrogen-bond donors (Lipinski definition) is 1. The largest absolute Gasteiger partial charge is 0.483 e. The molecule has 1 aliphatic carbocycles. The van der Waals surface area contributed by atoms with Crippen LogP contribution in [0, 0.1) is 0 Å². The van der Waals surface area contributed by atoms with Gasteiger partial charge in [0.25, 0.3) is 5.91 Å². The van der Waals surface area contributed by atoms with Gasteiger partial charge in [-0.05, 0) is 35.7 Å². The number of rotatable bonds is 4. The van der Waals surface area contributed by atoms with Gasteiger partial charge in [-0.2, -0.15) is 13.2 Å². The van der Waals surface area contributed by atoms with Gasteiger partial charge in [-0.15, -0.1) is 0 Å². The first kappa shape index (κ1) is 19.2. The predicted octanol–water partition coefficient (Wildman–Crippen LogP) is 5.07. The first-order chi connectivity index (χ1) is 12.7. The van der Waals surface area contributed by atoms with E-state index in [0.717, 1.165) is 12.1 Å². The second kappa shape index (κ2) is 7.23. The lowest BCUT2D eigenvalue weighted by molar-refractivity contribution is -0.137. The van der Waals surface area contributed by atoms with E-state index in [1.165, 1.54) is 18.2 Å². The summed E-state index contributed by atoms with van der Waals surface area (Å²) in [5, 5.41) is 2.64. The Hall–Kier alpha value is -2.54. The van der Waals surface area contributed by atoms with Crippen molar-refractivity contribution in [3.8, 4) is 5.75 Å². The average Bonchev–Trinajstić information content (AvgIpc) is 2.89. The quantitative estimate of drug-likeness (QED) is 0.784. The van der Waals surface area contributed by atoms with Gasteiger partial charge in [0.2, 0.25) is 0 Å². The van der Waals surface area contributed by atoms with Crippen LogP contribution in [0.15, 0.2) is 36.4 Å². The molecule has 8 heteroatoms. The summed E-state index contributed by atoms with van der Waals surface area (Å²) in [5.41, 5.74) is -0.306. The number of Topliss-reactive ketones (excluding diaryl/α,β-unsaturated/α-hetero) is 1. The van der Waals surface area contributed by atoms with Crippen molar-refractivity contribution < 1.29 is 27.5 Å². The van der Waals surface area contributed by atoms with E-state index in [9.17, 15) is 22.8 Å². The smallest absolute Gasteiger partial charge is 0.418 e. The lowest BCUT2D eigenvalue weighted by Crippen LogP contribution is -2.22. The molecular formula is C19H15ClF3NO3. The highest BCUT2D eigenvalue weighted by Gasteiger charge is 2.34. The molecule has 1 N–H and O–H groups in total. The Balaban J connectivity index is 1.75. The minimum Gasteiger partial charge on any atom is -0.483 e. The van der Waals surface area contributed by atoms with E-state index in [-0.39, 0.29) is 23.1 Å².